The van der Waals surface area contributed by atoms with Crippen molar-refractivity contribution < 1.29 is 4.79 Å². The van der Waals surface area contributed by atoms with Crippen LogP contribution in [-0.2, 0) is 0 Å². The molecule has 94 valence electrons. The van der Waals surface area contributed by atoms with Crippen molar-refractivity contribution in [2.24, 2.45) is 0 Å². The van der Waals surface area contributed by atoms with Gasteiger partial charge in [-0.05, 0) is 54.9 Å². The first kappa shape index (κ1) is 14.8. The number of hydrogen-bond acceptors (Lipinski definition) is 1. The van der Waals surface area contributed by atoms with Gasteiger partial charge < -0.3 is 5.32 Å². The molecule has 0 aliphatic carbocycles. The molecule has 0 fully saturated rings. The van der Waals surface area contributed by atoms with Gasteiger partial charge in [0.1, 0.15) is 0 Å². The molecule has 1 atom stereocenters. The molecule has 0 heterocycles. The van der Waals surface area contributed by atoms with Crippen LogP contribution >= 0.6 is 39.1 Å². The van der Waals surface area contributed by atoms with Crippen LogP contribution in [0.2, 0.25) is 5.02 Å². The molecule has 17 heavy (non-hydrogen) atoms. The van der Waals surface area contributed by atoms with E-state index in [4.69, 9.17) is 23.2 Å². The Labute approximate surface area is 120 Å². The van der Waals surface area contributed by atoms with Gasteiger partial charge in [-0.15, -0.1) is 11.6 Å². The Hall–Kier alpha value is -0.250. The molecule has 0 saturated heterocycles. The van der Waals surface area contributed by atoms with E-state index in [1.165, 1.54) is 0 Å². The van der Waals surface area contributed by atoms with Gasteiger partial charge in [0.05, 0.1) is 16.5 Å². The molecule has 0 aliphatic rings. The lowest BCUT2D eigenvalue weighted by atomic mass is 10.0. The van der Waals surface area contributed by atoms with Crippen LogP contribution in [0.1, 0.15) is 31.1 Å². The summed E-state index contributed by atoms with van der Waals surface area (Å²) in [7, 11) is 0. The van der Waals surface area contributed by atoms with E-state index in [1.54, 1.807) is 18.2 Å². The minimum Gasteiger partial charge on any atom is -0.346 e. The largest absolute Gasteiger partial charge is 0.346 e. The third kappa shape index (κ3) is 3.87. The van der Waals surface area contributed by atoms with Crippen LogP contribution in [0.5, 0.6) is 0 Å². The maximum absolute atomic E-state index is 12.1. The highest BCUT2D eigenvalue weighted by atomic mass is 79.9. The van der Waals surface area contributed by atoms with Crippen LogP contribution < -0.4 is 5.32 Å². The van der Waals surface area contributed by atoms with Gasteiger partial charge in [-0.1, -0.05) is 11.6 Å². The molecule has 0 saturated carbocycles. The summed E-state index contributed by atoms with van der Waals surface area (Å²) >= 11 is 15.2. The smallest absolute Gasteiger partial charge is 0.252 e. The zero-order valence-corrected chi connectivity index (χ0v) is 12.9. The highest BCUT2D eigenvalue weighted by Gasteiger charge is 2.27. The molecule has 0 radical (unpaired) electrons. The number of nitrogens with one attached hydrogen (secondary N) is 1. The van der Waals surface area contributed by atoms with Gasteiger partial charge in [0, 0.05) is 9.50 Å². The Morgan fingerprint density at radius 2 is 2.06 bits per heavy atom. The van der Waals surface area contributed by atoms with Crippen molar-refractivity contribution in [1.29, 1.82) is 0 Å². The Bertz CT molecular complexity index is 433. The quantitative estimate of drug-likeness (QED) is 0.820. The summed E-state index contributed by atoms with van der Waals surface area (Å²) < 4.78 is 0.706. The number of carbonyl (C=O) groups excluding carboxylic acids is 1. The standard InChI is InChI=1S/C12H14BrCl2NO/c1-7(14)12(2,3)16-11(17)9-6-8(15)4-5-10(9)13/h4-7H,1-3H3,(H,16,17). The van der Waals surface area contributed by atoms with E-state index in [-0.39, 0.29) is 11.3 Å². The highest BCUT2D eigenvalue weighted by Crippen LogP contribution is 2.23. The molecule has 1 aromatic rings. The molecule has 1 aromatic carbocycles. The topological polar surface area (TPSA) is 29.1 Å². The van der Waals surface area contributed by atoms with Crippen LogP contribution in [0, 0.1) is 0 Å². The van der Waals surface area contributed by atoms with Crippen molar-refractivity contribution in [2.75, 3.05) is 0 Å². The van der Waals surface area contributed by atoms with Gasteiger partial charge in [0.2, 0.25) is 0 Å². The Kier molecular flexibility index (Phi) is 4.87. The zero-order chi connectivity index (χ0) is 13.2. The Morgan fingerprint density at radius 1 is 1.47 bits per heavy atom. The van der Waals surface area contributed by atoms with E-state index < -0.39 is 5.54 Å². The molecule has 1 N–H and O–H groups in total. The van der Waals surface area contributed by atoms with Crippen molar-refractivity contribution >= 4 is 45.0 Å². The van der Waals surface area contributed by atoms with E-state index in [0.717, 1.165) is 0 Å². The number of hydrogen-bond donors (Lipinski definition) is 1. The van der Waals surface area contributed by atoms with E-state index in [9.17, 15) is 4.79 Å². The summed E-state index contributed by atoms with van der Waals surface area (Å²) in [4.78, 5) is 12.1. The van der Waals surface area contributed by atoms with Crippen LogP contribution in [0.4, 0.5) is 0 Å². The highest BCUT2D eigenvalue weighted by molar-refractivity contribution is 9.10. The third-order valence-electron chi connectivity index (χ3n) is 2.60. The Balaban J connectivity index is 2.94. The molecule has 1 amide bonds. The number of rotatable bonds is 3. The summed E-state index contributed by atoms with van der Waals surface area (Å²) in [5.41, 5.74) is 0.0170. The van der Waals surface area contributed by atoms with E-state index in [2.05, 4.69) is 21.2 Å². The second-order valence-corrected chi connectivity index (χ2v) is 6.36. The second kappa shape index (κ2) is 5.59. The van der Waals surface area contributed by atoms with E-state index in [1.807, 2.05) is 20.8 Å². The van der Waals surface area contributed by atoms with Gasteiger partial charge in [0.15, 0.2) is 0 Å². The molecule has 1 rings (SSSR count). The van der Waals surface area contributed by atoms with Crippen LogP contribution in [-0.4, -0.2) is 16.8 Å². The van der Waals surface area contributed by atoms with Gasteiger partial charge >= 0.3 is 0 Å². The average molecular weight is 339 g/mol. The molecule has 1 unspecified atom stereocenters. The van der Waals surface area contributed by atoms with Crippen molar-refractivity contribution in [3.8, 4) is 0 Å². The lowest BCUT2D eigenvalue weighted by Gasteiger charge is -2.29. The van der Waals surface area contributed by atoms with Crippen molar-refractivity contribution in [2.45, 2.75) is 31.7 Å². The maximum atomic E-state index is 12.1. The van der Waals surface area contributed by atoms with Crippen molar-refractivity contribution in [3.63, 3.8) is 0 Å². The maximum Gasteiger partial charge on any atom is 0.252 e. The SMILES string of the molecule is CC(Cl)C(C)(C)NC(=O)c1cc(Cl)ccc1Br. The fourth-order valence-corrected chi connectivity index (χ4v) is 1.78. The molecular formula is C12H14BrCl2NO. The molecule has 0 bridgehead atoms. The first-order chi connectivity index (χ1) is 7.74. The third-order valence-corrected chi connectivity index (χ3v) is 4.08. The van der Waals surface area contributed by atoms with E-state index >= 15 is 0 Å². The summed E-state index contributed by atoms with van der Waals surface area (Å²) in [5, 5.41) is 3.23. The van der Waals surface area contributed by atoms with Gasteiger partial charge in [-0.3, -0.25) is 4.79 Å². The second-order valence-electron chi connectivity index (χ2n) is 4.42. The normalized spacial score (nSPS) is 13.3. The molecule has 2 nitrogen and oxygen atoms in total. The monoisotopic (exact) mass is 337 g/mol. The zero-order valence-electron chi connectivity index (χ0n) is 9.85. The fraction of sp³-hybridized carbons (Fsp3) is 0.417. The molecule has 0 spiro atoms. The summed E-state index contributed by atoms with van der Waals surface area (Å²) in [6, 6.07) is 5.09. The first-order valence-electron chi connectivity index (χ1n) is 5.15. The van der Waals surface area contributed by atoms with Crippen molar-refractivity contribution in [3.05, 3.63) is 33.3 Å². The van der Waals surface area contributed by atoms with Crippen LogP contribution in [0.25, 0.3) is 0 Å². The average Bonchev–Trinajstić information content (AvgIpc) is 2.20. The molecule has 0 aliphatic heterocycles. The van der Waals surface area contributed by atoms with E-state index in [0.29, 0.717) is 15.1 Å². The van der Waals surface area contributed by atoms with Crippen molar-refractivity contribution in [1.82, 2.24) is 5.32 Å². The first-order valence-corrected chi connectivity index (χ1v) is 6.76. The van der Waals surface area contributed by atoms with Gasteiger partial charge in [-0.25, -0.2) is 0 Å². The lowest BCUT2D eigenvalue weighted by molar-refractivity contribution is 0.0911. The summed E-state index contributed by atoms with van der Waals surface area (Å²) in [6.07, 6.45) is 0. The number of carbonyl (C=O) groups is 1. The number of amides is 1. The number of alkyl halides is 1. The predicted octanol–water partition coefficient (Wildman–Crippen LogP) is 4.24. The summed E-state index contributed by atoms with van der Waals surface area (Å²) in [5.74, 6) is -0.197. The minimum atomic E-state index is -0.486. The molecule has 5 heteroatoms. The van der Waals surface area contributed by atoms with Crippen LogP contribution in [0.3, 0.4) is 0 Å². The van der Waals surface area contributed by atoms with Gasteiger partial charge in [0.25, 0.3) is 5.91 Å². The molecule has 0 aromatic heterocycles. The summed E-state index contributed by atoms with van der Waals surface area (Å²) in [6.45, 7) is 5.59. The predicted molar refractivity (Wildman–Crippen MR) is 76.0 cm³/mol. The van der Waals surface area contributed by atoms with Crippen LogP contribution in [0.15, 0.2) is 22.7 Å². The number of benzene rings is 1. The van der Waals surface area contributed by atoms with Gasteiger partial charge in [-0.2, -0.15) is 0 Å². The molecular weight excluding hydrogens is 325 g/mol. The lowest BCUT2D eigenvalue weighted by Crippen LogP contribution is -2.49. The fourth-order valence-electron chi connectivity index (χ4n) is 1.13. The number of halogens is 3. The minimum absolute atomic E-state index is 0.176. The Morgan fingerprint density at radius 3 is 2.59 bits per heavy atom.